The summed E-state index contributed by atoms with van der Waals surface area (Å²) in [5.74, 6) is 1.22. The molecule has 0 unspecified atom stereocenters. The van der Waals surface area contributed by atoms with E-state index >= 15 is 0 Å². The van der Waals surface area contributed by atoms with Crippen molar-refractivity contribution in [2.24, 2.45) is 0 Å². The van der Waals surface area contributed by atoms with E-state index in [0.29, 0.717) is 28.8 Å². The highest BCUT2D eigenvalue weighted by Crippen LogP contribution is 2.37. The summed E-state index contributed by atoms with van der Waals surface area (Å²) in [6.45, 7) is 3.04. The molecule has 1 aliphatic heterocycles. The quantitative estimate of drug-likeness (QED) is 0.843. The van der Waals surface area contributed by atoms with E-state index < -0.39 is 0 Å². The van der Waals surface area contributed by atoms with Crippen LogP contribution in [0.5, 0.6) is 11.5 Å². The second-order valence-electron chi connectivity index (χ2n) is 5.02. The molecule has 0 radical (unpaired) electrons. The van der Waals surface area contributed by atoms with Crippen LogP contribution in [-0.2, 0) is 0 Å². The van der Waals surface area contributed by atoms with E-state index in [0.717, 1.165) is 25.8 Å². The van der Waals surface area contributed by atoms with Crippen molar-refractivity contribution >= 4 is 11.6 Å². The van der Waals surface area contributed by atoms with Gasteiger partial charge in [0.1, 0.15) is 0 Å². The maximum Gasteiger partial charge on any atom is 0.256 e. The SMILES string of the molecule is CCCN(C(=O)c1cc2c(cc1N)OCO2)C1CC1. The number of hydrogen-bond donors (Lipinski definition) is 1. The number of nitrogen functional groups attached to an aromatic ring is 1. The van der Waals surface area contributed by atoms with Gasteiger partial charge >= 0.3 is 0 Å². The van der Waals surface area contributed by atoms with Crippen molar-refractivity contribution in [1.82, 2.24) is 4.90 Å². The molecule has 1 amide bonds. The van der Waals surface area contributed by atoms with E-state index in [1.54, 1.807) is 12.1 Å². The standard InChI is InChI=1S/C14H18N2O3/c1-2-5-16(9-3-4-9)14(17)10-6-12-13(7-11(10)15)19-8-18-12/h6-7,9H,2-5,8,15H2,1H3. The predicted octanol–water partition coefficient (Wildman–Crippen LogP) is 2.01. The lowest BCUT2D eigenvalue weighted by atomic mass is 10.1. The molecule has 5 heteroatoms. The molecule has 5 nitrogen and oxygen atoms in total. The number of fused-ring (bicyclic) bond motifs is 1. The summed E-state index contributed by atoms with van der Waals surface area (Å²) in [4.78, 5) is 14.5. The number of ether oxygens (including phenoxy) is 2. The van der Waals surface area contributed by atoms with Gasteiger partial charge < -0.3 is 20.1 Å². The van der Waals surface area contributed by atoms with Crippen LogP contribution in [0.2, 0.25) is 0 Å². The van der Waals surface area contributed by atoms with Gasteiger partial charge in [0.05, 0.1) is 5.56 Å². The Morgan fingerprint density at radius 1 is 1.37 bits per heavy atom. The summed E-state index contributed by atoms with van der Waals surface area (Å²) in [6, 6.07) is 3.76. The Balaban J connectivity index is 1.90. The molecule has 1 saturated carbocycles. The summed E-state index contributed by atoms with van der Waals surface area (Å²) in [7, 11) is 0. The minimum Gasteiger partial charge on any atom is -0.454 e. The Morgan fingerprint density at radius 3 is 2.68 bits per heavy atom. The van der Waals surface area contributed by atoms with Crippen LogP contribution in [0.4, 0.5) is 5.69 Å². The third kappa shape index (κ3) is 2.20. The van der Waals surface area contributed by atoms with E-state index in [-0.39, 0.29) is 12.7 Å². The van der Waals surface area contributed by atoms with Gasteiger partial charge in [0.15, 0.2) is 11.5 Å². The molecule has 102 valence electrons. The minimum absolute atomic E-state index is 0.000139. The van der Waals surface area contributed by atoms with Crippen LogP contribution in [0.3, 0.4) is 0 Å². The first-order valence-corrected chi connectivity index (χ1v) is 6.70. The zero-order chi connectivity index (χ0) is 13.4. The van der Waals surface area contributed by atoms with E-state index in [1.165, 1.54) is 0 Å². The molecule has 0 saturated heterocycles. The number of rotatable bonds is 4. The number of nitrogens with zero attached hydrogens (tertiary/aromatic N) is 1. The molecule has 1 aromatic rings. The number of benzene rings is 1. The molecule has 1 fully saturated rings. The molecule has 3 rings (SSSR count). The second-order valence-corrected chi connectivity index (χ2v) is 5.02. The van der Waals surface area contributed by atoms with E-state index in [4.69, 9.17) is 15.2 Å². The highest BCUT2D eigenvalue weighted by molar-refractivity contribution is 6.00. The van der Waals surface area contributed by atoms with E-state index in [9.17, 15) is 4.79 Å². The van der Waals surface area contributed by atoms with Gasteiger partial charge in [-0.3, -0.25) is 4.79 Å². The van der Waals surface area contributed by atoms with Crippen LogP contribution >= 0.6 is 0 Å². The first-order valence-electron chi connectivity index (χ1n) is 6.70. The van der Waals surface area contributed by atoms with E-state index in [2.05, 4.69) is 6.92 Å². The second kappa shape index (κ2) is 4.64. The third-order valence-corrected chi connectivity index (χ3v) is 3.49. The zero-order valence-electron chi connectivity index (χ0n) is 11.0. The van der Waals surface area contributed by atoms with Gasteiger partial charge in [-0.05, 0) is 25.3 Å². The molecule has 1 heterocycles. The van der Waals surface area contributed by atoms with Gasteiger partial charge in [-0.2, -0.15) is 0 Å². The highest BCUT2D eigenvalue weighted by Gasteiger charge is 2.33. The van der Waals surface area contributed by atoms with Gasteiger partial charge in [0, 0.05) is 24.3 Å². The Morgan fingerprint density at radius 2 is 2.05 bits per heavy atom. The monoisotopic (exact) mass is 262 g/mol. The van der Waals surface area contributed by atoms with Crippen LogP contribution in [-0.4, -0.2) is 30.2 Å². The molecular weight excluding hydrogens is 244 g/mol. The van der Waals surface area contributed by atoms with Crippen LogP contribution in [0.15, 0.2) is 12.1 Å². The number of anilines is 1. The van der Waals surface area contributed by atoms with Crippen LogP contribution in [0.1, 0.15) is 36.5 Å². The largest absolute Gasteiger partial charge is 0.454 e. The van der Waals surface area contributed by atoms with Crippen molar-refractivity contribution in [3.63, 3.8) is 0 Å². The predicted molar refractivity (Wildman–Crippen MR) is 71.3 cm³/mol. The van der Waals surface area contributed by atoms with Crippen LogP contribution in [0, 0.1) is 0 Å². The van der Waals surface area contributed by atoms with Gasteiger partial charge in [-0.1, -0.05) is 6.92 Å². The fraction of sp³-hybridized carbons (Fsp3) is 0.500. The Kier molecular flexibility index (Phi) is 2.97. The van der Waals surface area contributed by atoms with Crippen LogP contribution < -0.4 is 15.2 Å². The molecule has 19 heavy (non-hydrogen) atoms. The Bertz CT molecular complexity index is 512. The molecule has 1 aliphatic carbocycles. The average molecular weight is 262 g/mol. The van der Waals surface area contributed by atoms with Crippen molar-refractivity contribution < 1.29 is 14.3 Å². The average Bonchev–Trinajstić information content (AvgIpc) is 3.13. The third-order valence-electron chi connectivity index (χ3n) is 3.49. The molecule has 2 aliphatic rings. The number of carbonyl (C=O) groups excluding carboxylic acids is 1. The maximum atomic E-state index is 12.6. The van der Waals surface area contributed by atoms with E-state index in [1.807, 2.05) is 4.90 Å². The summed E-state index contributed by atoms with van der Waals surface area (Å²) >= 11 is 0. The summed E-state index contributed by atoms with van der Waals surface area (Å²) in [5, 5.41) is 0. The number of hydrogen-bond acceptors (Lipinski definition) is 4. The minimum atomic E-state index is 0.000139. The van der Waals surface area contributed by atoms with Crippen molar-refractivity contribution in [3.8, 4) is 11.5 Å². The fourth-order valence-corrected chi connectivity index (χ4v) is 2.37. The van der Waals surface area contributed by atoms with Crippen molar-refractivity contribution in [2.45, 2.75) is 32.2 Å². The normalized spacial score (nSPS) is 16.5. The maximum absolute atomic E-state index is 12.6. The molecule has 0 aromatic heterocycles. The first-order chi connectivity index (χ1) is 9.20. The number of amides is 1. The Labute approximate surface area is 112 Å². The summed E-state index contributed by atoms with van der Waals surface area (Å²) < 4.78 is 10.6. The van der Waals surface area contributed by atoms with Gasteiger partial charge in [-0.25, -0.2) is 0 Å². The smallest absolute Gasteiger partial charge is 0.256 e. The molecule has 1 aromatic carbocycles. The lowest BCUT2D eigenvalue weighted by Gasteiger charge is -2.22. The zero-order valence-corrected chi connectivity index (χ0v) is 11.0. The molecular formula is C14H18N2O3. The first kappa shape index (κ1) is 12.1. The highest BCUT2D eigenvalue weighted by atomic mass is 16.7. The van der Waals surface area contributed by atoms with Crippen molar-refractivity contribution in [2.75, 3.05) is 19.1 Å². The van der Waals surface area contributed by atoms with Gasteiger partial charge in [0.25, 0.3) is 5.91 Å². The summed E-state index contributed by atoms with van der Waals surface area (Å²) in [5.41, 5.74) is 6.94. The lowest BCUT2D eigenvalue weighted by molar-refractivity contribution is 0.0744. The number of carbonyl (C=O) groups is 1. The summed E-state index contributed by atoms with van der Waals surface area (Å²) in [6.07, 6.45) is 3.14. The molecule has 2 N–H and O–H groups in total. The number of nitrogens with two attached hydrogens (primary N) is 1. The van der Waals surface area contributed by atoms with Gasteiger partial charge in [-0.15, -0.1) is 0 Å². The van der Waals surface area contributed by atoms with Crippen molar-refractivity contribution in [1.29, 1.82) is 0 Å². The lowest BCUT2D eigenvalue weighted by Crippen LogP contribution is -2.34. The fourth-order valence-electron chi connectivity index (χ4n) is 2.37. The molecule has 0 bridgehead atoms. The topological polar surface area (TPSA) is 64.8 Å². The Hall–Kier alpha value is -1.91. The molecule has 0 atom stereocenters. The van der Waals surface area contributed by atoms with Crippen LogP contribution in [0.25, 0.3) is 0 Å². The molecule has 0 spiro atoms. The van der Waals surface area contributed by atoms with Crippen molar-refractivity contribution in [3.05, 3.63) is 17.7 Å². The van der Waals surface area contributed by atoms with Gasteiger partial charge in [0.2, 0.25) is 6.79 Å².